The average Bonchev–Trinajstić information content (AvgIpc) is 3.32. The average molecular weight is 404 g/mol. The Balaban J connectivity index is 1.38. The van der Waals surface area contributed by atoms with E-state index in [0.717, 1.165) is 0 Å². The number of esters is 1. The second-order valence-corrected chi connectivity index (χ2v) is 6.58. The second kappa shape index (κ2) is 7.04. The first-order chi connectivity index (χ1) is 14.6. The van der Waals surface area contributed by atoms with Gasteiger partial charge in [-0.3, -0.25) is 4.79 Å². The van der Waals surface area contributed by atoms with E-state index in [1.807, 2.05) is 0 Å². The number of carbonyl (C=O) groups is 2. The van der Waals surface area contributed by atoms with Crippen molar-refractivity contribution in [3.8, 4) is 23.0 Å². The van der Waals surface area contributed by atoms with Crippen molar-refractivity contribution < 1.29 is 32.9 Å². The normalized spacial score (nSPS) is 15.1. The lowest BCUT2D eigenvalue weighted by Crippen LogP contribution is -2.10. The lowest BCUT2D eigenvalue weighted by atomic mass is 10.1. The van der Waals surface area contributed by atoms with Gasteiger partial charge in [-0.25, -0.2) is 9.18 Å². The van der Waals surface area contributed by atoms with Crippen molar-refractivity contribution in [2.45, 2.75) is 0 Å². The number of rotatable bonds is 3. The second-order valence-electron chi connectivity index (χ2n) is 6.58. The van der Waals surface area contributed by atoms with E-state index in [0.29, 0.717) is 22.6 Å². The van der Waals surface area contributed by atoms with Crippen molar-refractivity contribution >= 4 is 17.8 Å². The molecular formula is C23H13FO6. The van der Waals surface area contributed by atoms with Gasteiger partial charge in [0.25, 0.3) is 0 Å². The van der Waals surface area contributed by atoms with Crippen LogP contribution < -0.4 is 18.9 Å². The molecule has 0 bridgehead atoms. The number of carbonyl (C=O) groups excluding carboxylic acids is 2. The lowest BCUT2D eigenvalue weighted by Gasteiger charge is -2.06. The van der Waals surface area contributed by atoms with Crippen molar-refractivity contribution in [2.24, 2.45) is 0 Å². The van der Waals surface area contributed by atoms with Gasteiger partial charge in [-0.1, -0.05) is 18.2 Å². The Labute approximate surface area is 170 Å². The molecule has 2 heterocycles. The Morgan fingerprint density at radius 2 is 1.80 bits per heavy atom. The van der Waals surface area contributed by atoms with E-state index in [-0.39, 0.29) is 35.4 Å². The summed E-state index contributed by atoms with van der Waals surface area (Å²) >= 11 is 0. The largest absolute Gasteiger partial charge is 0.454 e. The molecule has 0 aromatic heterocycles. The first-order valence-electron chi connectivity index (χ1n) is 9.03. The molecule has 0 atom stereocenters. The van der Waals surface area contributed by atoms with E-state index in [4.69, 9.17) is 18.9 Å². The number of fused-ring (bicyclic) bond motifs is 2. The maximum absolute atomic E-state index is 13.8. The van der Waals surface area contributed by atoms with Crippen LogP contribution >= 0.6 is 0 Å². The Bertz CT molecular complexity index is 1230. The molecule has 0 aliphatic carbocycles. The number of allylic oxidation sites excluding steroid dienone is 1. The minimum absolute atomic E-state index is 0.126. The van der Waals surface area contributed by atoms with Crippen molar-refractivity contribution in [3.05, 3.63) is 88.9 Å². The van der Waals surface area contributed by atoms with Crippen LogP contribution in [0.25, 0.3) is 6.08 Å². The Kier molecular flexibility index (Phi) is 4.21. The molecule has 2 aliphatic heterocycles. The van der Waals surface area contributed by atoms with Gasteiger partial charge >= 0.3 is 5.97 Å². The van der Waals surface area contributed by atoms with Crippen LogP contribution in [0.3, 0.4) is 0 Å². The third kappa shape index (κ3) is 3.16. The van der Waals surface area contributed by atoms with Crippen LogP contribution in [0, 0.1) is 5.82 Å². The SMILES string of the molecule is O=C(Oc1ccc2c(c1)O/C(=C\c1ccc3c(c1)OCO3)C2=O)c1ccccc1F. The Hall–Kier alpha value is -4.13. The molecule has 0 unspecified atom stereocenters. The zero-order valence-corrected chi connectivity index (χ0v) is 15.4. The maximum atomic E-state index is 13.8. The molecule has 0 saturated carbocycles. The fourth-order valence-corrected chi connectivity index (χ4v) is 3.17. The molecule has 5 rings (SSSR count). The smallest absolute Gasteiger partial charge is 0.346 e. The van der Waals surface area contributed by atoms with Crippen LogP contribution in [0.2, 0.25) is 0 Å². The Morgan fingerprint density at radius 1 is 0.967 bits per heavy atom. The summed E-state index contributed by atoms with van der Waals surface area (Å²) in [6.07, 6.45) is 1.59. The first-order valence-corrected chi connectivity index (χ1v) is 9.03. The summed E-state index contributed by atoms with van der Waals surface area (Å²) in [6, 6.07) is 15.2. The van der Waals surface area contributed by atoms with E-state index in [2.05, 4.69) is 0 Å². The summed E-state index contributed by atoms with van der Waals surface area (Å²) in [4.78, 5) is 24.8. The predicted octanol–water partition coefficient (Wildman–Crippen LogP) is 4.39. The highest BCUT2D eigenvalue weighted by atomic mass is 19.1. The van der Waals surface area contributed by atoms with E-state index < -0.39 is 11.8 Å². The summed E-state index contributed by atoms with van der Waals surface area (Å²) in [7, 11) is 0. The fraction of sp³-hybridized carbons (Fsp3) is 0.0435. The summed E-state index contributed by atoms with van der Waals surface area (Å²) < 4.78 is 35.3. The summed E-state index contributed by atoms with van der Waals surface area (Å²) in [5.41, 5.74) is 0.868. The lowest BCUT2D eigenvalue weighted by molar-refractivity contribution is 0.0729. The molecule has 0 N–H and O–H groups in total. The van der Waals surface area contributed by atoms with Crippen molar-refractivity contribution in [3.63, 3.8) is 0 Å². The molecule has 3 aromatic rings. The minimum Gasteiger partial charge on any atom is -0.454 e. The van der Waals surface area contributed by atoms with E-state index in [1.165, 1.54) is 42.5 Å². The molecule has 0 amide bonds. The van der Waals surface area contributed by atoms with Crippen LogP contribution in [0.5, 0.6) is 23.0 Å². The number of ether oxygens (including phenoxy) is 4. The van der Waals surface area contributed by atoms with Gasteiger partial charge < -0.3 is 18.9 Å². The summed E-state index contributed by atoms with van der Waals surface area (Å²) in [5, 5.41) is 0. The van der Waals surface area contributed by atoms with Crippen LogP contribution in [-0.4, -0.2) is 18.5 Å². The Morgan fingerprint density at radius 3 is 2.67 bits per heavy atom. The number of ketones is 1. The van der Waals surface area contributed by atoms with Gasteiger partial charge in [-0.05, 0) is 48.0 Å². The number of benzene rings is 3. The van der Waals surface area contributed by atoms with Gasteiger partial charge in [-0.2, -0.15) is 0 Å². The van der Waals surface area contributed by atoms with Gasteiger partial charge in [0, 0.05) is 6.07 Å². The van der Waals surface area contributed by atoms with Crippen molar-refractivity contribution in [1.82, 2.24) is 0 Å². The molecule has 0 fully saturated rings. The molecule has 148 valence electrons. The first kappa shape index (κ1) is 17.9. The van der Waals surface area contributed by atoms with Gasteiger partial charge in [0.2, 0.25) is 12.6 Å². The van der Waals surface area contributed by atoms with Gasteiger partial charge in [0.1, 0.15) is 17.3 Å². The van der Waals surface area contributed by atoms with Crippen molar-refractivity contribution in [1.29, 1.82) is 0 Å². The molecule has 0 saturated heterocycles. The van der Waals surface area contributed by atoms with Crippen molar-refractivity contribution in [2.75, 3.05) is 6.79 Å². The van der Waals surface area contributed by atoms with Gasteiger partial charge in [0.15, 0.2) is 17.3 Å². The molecular weight excluding hydrogens is 391 g/mol. The quantitative estimate of drug-likeness (QED) is 0.366. The van der Waals surface area contributed by atoms with Crippen LogP contribution in [0.15, 0.2) is 66.4 Å². The highest BCUT2D eigenvalue weighted by molar-refractivity contribution is 6.14. The molecule has 2 aliphatic rings. The number of halogens is 1. The molecule has 7 heteroatoms. The minimum atomic E-state index is -0.839. The molecule has 0 radical (unpaired) electrons. The van der Waals surface area contributed by atoms with Gasteiger partial charge in [0.05, 0.1) is 11.1 Å². The molecule has 3 aromatic carbocycles. The van der Waals surface area contributed by atoms with Gasteiger partial charge in [-0.15, -0.1) is 0 Å². The monoisotopic (exact) mass is 404 g/mol. The van der Waals surface area contributed by atoms with E-state index in [9.17, 15) is 14.0 Å². The van der Waals surface area contributed by atoms with Crippen LogP contribution in [0.1, 0.15) is 26.3 Å². The van der Waals surface area contributed by atoms with E-state index >= 15 is 0 Å². The van der Waals surface area contributed by atoms with Crippen LogP contribution in [-0.2, 0) is 0 Å². The predicted molar refractivity (Wildman–Crippen MR) is 103 cm³/mol. The summed E-state index contributed by atoms with van der Waals surface area (Å²) in [6.45, 7) is 0.157. The number of Topliss-reactive ketones (excluding diaryl/α,β-unsaturated/α-hetero) is 1. The molecule has 30 heavy (non-hydrogen) atoms. The number of hydrogen-bond acceptors (Lipinski definition) is 6. The van der Waals surface area contributed by atoms with E-state index in [1.54, 1.807) is 24.3 Å². The highest BCUT2D eigenvalue weighted by Crippen LogP contribution is 2.37. The topological polar surface area (TPSA) is 71.1 Å². The molecule has 6 nitrogen and oxygen atoms in total. The number of hydrogen-bond donors (Lipinski definition) is 0. The molecule has 0 spiro atoms. The standard InChI is InChI=1S/C23H13FO6/c24-17-4-2-1-3-15(17)23(26)29-14-6-7-16-19(11-14)30-21(22(16)25)10-13-5-8-18-20(9-13)28-12-27-18/h1-11H,12H2/b21-10-. The highest BCUT2D eigenvalue weighted by Gasteiger charge is 2.28. The fourth-order valence-electron chi connectivity index (χ4n) is 3.17. The third-order valence-corrected chi connectivity index (χ3v) is 4.64. The van der Waals surface area contributed by atoms with Crippen LogP contribution in [0.4, 0.5) is 4.39 Å². The zero-order chi connectivity index (χ0) is 20.7. The summed E-state index contributed by atoms with van der Waals surface area (Å²) in [5.74, 6) is -0.0614. The third-order valence-electron chi connectivity index (χ3n) is 4.64. The maximum Gasteiger partial charge on any atom is 0.346 e. The zero-order valence-electron chi connectivity index (χ0n) is 15.4.